The summed E-state index contributed by atoms with van der Waals surface area (Å²) >= 11 is 0. The molecule has 0 saturated carbocycles. The van der Waals surface area contributed by atoms with Crippen LogP contribution in [0.5, 0.6) is 0 Å². The van der Waals surface area contributed by atoms with Crippen LogP contribution in [0.4, 0.5) is 0 Å². The maximum absolute atomic E-state index is 12.7. The fraction of sp³-hybridized carbons (Fsp3) is 0.565. The van der Waals surface area contributed by atoms with E-state index in [1.54, 1.807) is 0 Å². The van der Waals surface area contributed by atoms with Crippen molar-refractivity contribution in [2.24, 2.45) is 17.8 Å². The number of carbonyl (C=O) groups excluding carboxylic acids is 2. The van der Waals surface area contributed by atoms with Gasteiger partial charge in [-0.25, -0.2) is 0 Å². The smallest absolute Gasteiger partial charge is 0.149 e. The zero-order chi connectivity index (χ0) is 20.2. The largest absolute Gasteiger partial charge is 0.303 e. The maximum atomic E-state index is 12.7. The van der Waals surface area contributed by atoms with Gasteiger partial charge in [0.2, 0.25) is 0 Å². The fourth-order valence-corrected chi connectivity index (χ4v) is 4.24. The third kappa shape index (κ3) is 9.28. The number of ketones is 1. The molecule has 3 nitrogen and oxygen atoms in total. The summed E-state index contributed by atoms with van der Waals surface area (Å²) in [6.45, 7) is 8.33. The highest BCUT2D eigenvalue weighted by atomic mass is 32.2. The molecule has 0 spiro atoms. The van der Waals surface area contributed by atoms with Gasteiger partial charge in [0.05, 0.1) is 16.6 Å². The lowest BCUT2D eigenvalue weighted by Crippen LogP contribution is -2.25. The van der Waals surface area contributed by atoms with E-state index in [0.717, 1.165) is 32.0 Å². The number of rotatable bonds is 13. The van der Waals surface area contributed by atoms with Crippen molar-refractivity contribution < 1.29 is 13.8 Å². The average Bonchev–Trinajstić information content (AvgIpc) is 2.62. The monoisotopic (exact) mass is 390 g/mol. The third-order valence-corrected chi connectivity index (χ3v) is 6.34. The lowest BCUT2D eigenvalue weighted by atomic mass is 9.86. The summed E-state index contributed by atoms with van der Waals surface area (Å²) in [5, 5.41) is 0. The van der Waals surface area contributed by atoms with Gasteiger partial charge in [-0.05, 0) is 56.6 Å². The van der Waals surface area contributed by atoms with Gasteiger partial charge in [-0.3, -0.25) is 9.00 Å². The predicted molar refractivity (Wildman–Crippen MR) is 113 cm³/mol. The van der Waals surface area contributed by atoms with Gasteiger partial charge in [0.25, 0.3) is 0 Å². The zero-order valence-corrected chi connectivity index (χ0v) is 18.0. The zero-order valence-electron chi connectivity index (χ0n) is 17.1. The van der Waals surface area contributed by atoms with Gasteiger partial charge in [-0.1, -0.05) is 50.6 Å². The quantitative estimate of drug-likeness (QED) is 0.336. The van der Waals surface area contributed by atoms with Crippen LogP contribution in [0.15, 0.2) is 46.9 Å². The molecule has 27 heavy (non-hydrogen) atoms. The minimum atomic E-state index is -1.27. The van der Waals surface area contributed by atoms with Crippen molar-refractivity contribution in [1.82, 2.24) is 0 Å². The van der Waals surface area contributed by atoms with Gasteiger partial charge in [-0.15, -0.1) is 0 Å². The van der Waals surface area contributed by atoms with Crippen molar-refractivity contribution in [3.8, 4) is 0 Å². The first-order chi connectivity index (χ1) is 12.8. The van der Waals surface area contributed by atoms with Crippen molar-refractivity contribution in [2.75, 3.05) is 5.75 Å². The molecule has 1 aromatic rings. The van der Waals surface area contributed by atoms with E-state index in [1.165, 1.54) is 5.57 Å². The summed E-state index contributed by atoms with van der Waals surface area (Å²) in [4.78, 5) is 23.9. The number of hydrogen-bond donors (Lipinski definition) is 0. The molecule has 150 valence electrons. The Labute approximate surface area is 167 Å². The first-order valence-electron chi connectivity index (χ1n) is 9.90. The van der Waals surface area contributed by atoms with E-state index in [0.29, 0.717) is 17.2 Å². The molecule has 0 fully saturated rings. The SMILES string of the molecule is C/C(=C\CC[C@H](C)CC=O)CC[C@H](C(=O)CS(=O)c1ccccc1)C(C)C. The molecular weight excluding hydrogens is 356 g/mol. The van der Waals surface area contributed by atoms with Gasteiger partial charge >= 0.3 is 0 Å². The van der Waals surface area contributed by atoms with Crippen molar-refractivity contribution in [2.45, 2.75) is 64.7 Å². The molecule has 0 aliphatic rings. The maximum Gasteiger partial charge on any atom is 0.149 e. The lowest BCUT2D eigenvalue weighted by molar-refractivity contribution is -0.121. The number of carbonyl (C=O) groups is 2. The molecule has 3 atom stereocenters. The summed E-state index contributed by atoms with van der Waals surface area (Å²) in [6.07, 6.45) is 7.50. The molecule has 0 aliphatic carbocycles. The highest BCUT2D eigenvalue weighted by Crippen LogP contribution is 2.23. The van der Waals surface area contributed by atoms with Gasteiger partial charge in [0.1, 0.15) is 12.1 Å². The van der Waals surface area contributed by atoms with E-state index in [9.17, 15) is 13.8 Å². The summed E-state index contributed by atoms with van der Waals surface area (Å²) in [5.74, 6) is 0.795. The molecule has 0 N–H and O–H groups in total. The topological polar surface area (TPSA) is 51.2 Å². The Morgan fingerprint density at radius 3 is 2.37 bits per heavy atom. The van der Waals surface area contributed by atoms with Crippen molar-refractivity contribution in [1.29, 1.82) is 0 Å². The van der Waals surface area contributed by atoms with E-state index in [2.05, 4.69) is 33.8 Å². The highest BCUT2D eigenvalue weighted by Gasteiger charge is 2.23. The Kier molecular flexibility index (Phi) is 11.1. The van der Waals surface area contributed by atoms with Gasteiger partial charge in [0, 0.05) is 17.2 Å². The molecule has 1 rings (SSSR count). The minimum Gasteiger partial charge on any atom is -0.303 e. The van der Waals surface area contributed by atoms with Crippen LogP contribution < -0.4 is 0 Å². The molecule has 0 aromatic heterocycles. The van der Waals surface area contributed by atoms with Crippen LogP contribution in [0.25, 0.3) is 0 Å². The number of allylic oxidation sites excluding steroid dienone is 2. The van der Waals surface area contributed by atoms with Gasteiger partial charge in [-0.2, -0.15) is 0 Å². The lowest BCUT2D eigenvalue weighted by Gasteiger charge is -2.19. The Morgan fingerprint density at radius 1 is 1.11 bits per heavy atom. The number of aldehydes is 1. The molecule has 0 saturated heterocycles. The summed E-state index contributed by atoms with van der Waals surface area (Å²) in [6, 6.07) is 9.20. The molecule has 0 heterocycles. The number of hydrogen-bond acceptors (Lipinski definition) is 3. The second kappa shape index (κ2) is 12.8. The Balaban J connectivity index is 2.54. The molecular formula is C23H34O3S. The average molecular weight is 391 g/mol. The number of Topliss-reactive ketones (excluding diaryl/α,β-unsaturated/α-hetero) is 1. The molecule has 1 unspecified atom stereocenters. The van der Waals surface area contributed by atoms with Crippen LogP contribution in [0.1, 0.15) is 59.8 Å². The van der Waals surface area contributed by atoms with Crippen molar-refractivity contribution in [3.63, 3.8) is 0 Å². The second-order valence-corrected chi connectivity index (χ2v) is 9.24. The Morgan fingerprint density at radius 2 is 1.78 bits per heavy atom. The van der Waals surface area contributed by atoms with E-state index in [1.807, 2.05) is 30.3 Å². The minimum absolute atomic E-state index is 0.0602. The van der Waals surface area contributed by atoms with E-state index in [4.69, 9.17) is 0 Å². The van der Waals surface area contributed by atoms with Gasteiger partial charge < -0.3 is 4.79 Å². The highest BCUT2D eigenvalue weighted by molar-refractivity contribution is 7.85. The van der Waals surface area contributed by atoms with Crippen molar-refractivity contribution >= 4 is 22.9 Å². The fourth-order valence-electron chi connectivity index (χ4n) is 3.14. The summed E-state index contributed by atoms with van der Waals surface area (Å²) in [7, 11) is -1.27. The van der Waals surface area contributed by atoms with Crippen LogP contribution >= 0.6 is 0 Å². The van der Waals surface area contributed by atoms with Gasteiger partial charge in [0.15, 0.2) is 0 Å². The predicted octanol–water partition coefficient (Wildman–Crippen LogP) is 5.37. The van der Waals surface area contributed by atoms with Crippen LogP contribution in [-0.4, -0.2) is 22.0 Å². The Hall–Kier alpha value is -1.55. The standard InChI is InChI=1S/C23H34O3S/c1-18(2)22(14-13-19(3)9-8-10-20(4)15-16-24)23(25)17-27(26)21-11-6-5-7-12-21/h5-7,9,11-12,16,18,20,22H,8,10,13-15,17H2,1-4H3/b19-9+/t20-,22-,27?/m0/s1. The van der Waals surface area contributed by atoms with Crippen LogP contribution in [0, 0.1) is 17.8 Å². The van der Waals surface area contributed by atoms with Crippen LogP contribution in [0.3, 0.4) is 0 Å². The molecule has 1 aromatic carbocycles. The third-order valence-electron chi connectivity index (χ3n) is 5.00. The van der Waals surface area contributed by atoms with Crippen LogP contribution in [0.2, 0.25) is 0 Å². The molecule has 4 heteroatoms. The van der Waals surface area contributed by atoms with E-state index >= 15 is 0 Å². The van der Waals surface area contributed by atoms with E-state index < -0.39 is 10.8 Å². The molecule has 0 bridgehead atoms. The van der Waals surface area contributed by atoms with E-state index in [-0.39, 0.29) is 23.4 Å². The molecule has 0 amide bonds. The Bertz CT molecular complexity index is 634. The summed E-state index contributed by atoms with van der Waals surface area (Å²) in [5.41, 5.74) is 1.29. The second-order valence-electron chi connectivity index (χ2n) is 7.79. The first-order valence-corrected chi connectivity index (χ1v) is 11.2. The number of benzene rings is 1. The summed E-state index contributed by atoms with van der Waals surface area (Å²) < 4.78 is 12.4. The first kappa shape index (κ1) is 23.5. The molecule has 0 radical (unpaired) electrons. The van der Waals surface area contributed by atoms with Crippen molar-refractivity contribution in [3.05, 3.63) is 42.0 Å². The molecule has 0 aliphatic heterocycles. The van der Waals surface area contributed by atoms with Crippen LogP contribution in [-0.2, 0) is 20.4 Å². The normalized spacial score (nSPS) is 15.4.